The Balaban J connectivity index is 1.80. The van der Waals surface area contributed by atoms with E-state index in [0.29, 0.717) is 6.61 Å². The Kier molecular flexibility index (Phi) is 10.5. The number of rotatable bonds is 14. The van der Waals surface area contributed by atoms with Gasteiger partial charge in [-0.3, -0.25) is 25.0 Å². The summed E-state index contributed by atoms with van der Waals surface area (Å²) in [6.07, 6.45) is 8.30. The number of amides is 1. The summed E-state index contributed by atoms with van der Waals surface area (Å²) in [6.45, 7) is 2.87. The van der Waals surface area contributed by atoms with Crippen molar-refractivity contribution in [1.82, 2.24) is 5.43 Å². The number of unbranched alkanes of at least 4 members (excludes halogenated alkanes) is 5. The first-order valence-corrected chi connectivity index (χ1v) is 10.9. The number of hydrazone groups is 1. The number of carbonyl (C=O) groups is 1. The van der Waals surface area contributed by atoms with E-state index >= 15 is 0 Å². The molecule has 2 aromatic rings. The third kappa shape index (κ3) is 9.06. The van der Waals surface area contributed by atoms with Gasteiger partial charge < -0.3 is 4.74 Å². The first kappa shape index (κ1) is 25.4. The molecule has 10 nitrogen and oxygen atoms in total. The predicted molar refractivity (Wildman–Crippen MR) is 125 cm³/mol. The molecule has 1 N–H and O–H groups in total. The van der Waals surface area contributed by atoms with Crippen molar-refractivity contribution in [3.05, 3.63) is 73.8 Å². The molecule has 0 aromatic heterocycles. The Morgan fingerprint density at radius 1 is 1.00 bits per heavy atom. The predicted octanol–water partition coefficient (Wildman–Crippen LogP) is 4.94. The molecule has 0 saturated carbocycles. The number of hydrogen-bond donors (Lipinski definition) is 1. The van der Waals surface area contributed by atoms with Gasteiger partial charge in [-0.2, -0.15) is 5.10 Å². The molecule has 0 aliphatic rings. The van der Waals surface area contributed by atoms with Crippen LogP contribution in [-0.2, 0) is 11.2 Å². The number of nitro benzene ring substituents is 2. The van der Waals surface area contributed by atoms with E-state index in [-0.39, 0.29) is 12.0 Å². The lowest BCUT2D eigenvalue weighted by Gasteiger charge is -2.06. The van der Waals surface area contributed by atoms with Gasteiger partial charge in [0.25, 0.3) is 11.4 Å². The average molecular weight is 456 g/mol. The summed E-state index contributed by atoms with van der Waals surface area (Å²) >= 11 is 0. The molecule has 0 aliphatic heterocycles. The second-order valence-corrected chi connectivity index (χ2v) is 7.48. The van der Waals surface area contributed by atoms with Gasteiger partial charge in [-0.25, -0.2) is 5.43 Å². The maximum absolute atomic E-state index is 12.1. The number of nitro groups is 2. The summed E-state index contributed by atoms with van der Waals surface area (Å²) in [7, 11) is 0. The van der Waals surface area contributed by atoms with Gasteiger partial charge in [0.05, 0.1) is 35.2 Å². The molecule has 0 unspecified atom stereocenters. The zero-order valence-electron chi connectivity index (χ0n) is 18.6. The van der Waals surface area contributed by atoms with Crippen molar-refractivity contribution < 1.29 is 19.4 Å². The SMILES string of the molecule is CCCCCCCCOc1ccc(/C=N\NC(=O)Cc2ccc([N+](=O)[O-])cc2[N+](=O)[O-])cc1. The fraction of sp³-hybridized carbons (Fsp3) is 0.391. The highest BCUT2D eigenvalue weighted by molar-refractivity contribution is 5.84. The topological polar surface area (TPSA) is 137 Å². The van der Waals surface area contributed by atoms with Crippen LogP contribution in [0.25, 0.3) is 0 Å². The largest absolute Gasteiger partial charge is 0.494 e. The lowest BCUT2D eigenvalue weighted by Crippen LogP contribution is -2.20. The van der Waals surface area contributed by atoms with E-state index in [1.165, 1.54) is 38.0 Å². The van der Waals surface area contributed by atoms with Crippen LogP contribution in [0.15, 0.2) is 47.6 Å². The van der Waals surface area contributed by atoms with Gasteiger partial charge in [0, 0.05) is 11.6 Å². The van der Waals surface area contributed by atoms with Crippen molar-refractivity contribution in [1.29, 1.82) is 0 Å². The smallest absolute Gasteiger partial charge is 0.279 e. The number of benzene rings is 2. The van der Waals surface area contributed by atoms with Crippen molar-refractivity contribution >= 4 is 23.5 Å². The number of ether oxygens (including phenoxy) is 1. The standard InChI is InChI=1S/C23H28N4O6/c1-2-3-4-5-6-7-14-33-21-12-8-18(9-13-21)17-24-25-23(28)15-19-10-11-20(26(29)30)16-22(19)27(31)32/h8-13,16-17H,2-7,14-15H2,1H3,(H,25,28)/b24-17-. The second-order valence-electron chi connectivity index (χ2n) is 7.48. The molecule has 0 saturated heterocycles. The van der Waals surface area contributed by atoms with Gasteiger partial charge in [0.2, 0.25) is 5.91 Å². The summed E-state index contributed by atoms with van der Waals surface area (Å²) in [5, 5.41) is 25.8. The van der Waals surface area contributed by atoms with E-state index in [9.17, 15) is 25.0 Å². The van der Waals surface area contributed by atoms with Crippen molar-refractivity contribution in [2.24, 2.45) is 5.10 Å². The van der Waals surface area contributed by atoms with Crippen molar-refractivity contribution in [3.63, 3.8) is 0 Å². The van der Waals surface area contributed by atoms with Crippen LogP contribution in [0.3, 0.4) is 0 Å². The van der Waals surface area contributed by atoms with Crippen LogP contribution in [0, 0.1) is 20.2 Å². The van der Waals surface area contributed by atoms with Gasteiger partial charge >= 0.3 is 0 Å². The van der Waals surface area contributed by atoms with Crippen LogP contribution in [0.4, 0.5) is 11.4 Å². The molecular formula is C23H28N4O6. The van der Waals surface area contributed by atoms with E-state index in [1.807, 2.05) is 12.1 Å². The fourth-order valence-electron chi connectivity index (χ4n) is 3.10. The maximum Gasteiger partial charge on any atom is 0.279 e. The summed E-state index contributed by atoms with van der Waals surface area (Å²) in [6, 6.07) is 10.4. The van der Waals surface area contributed by atoms with Gasteiger partial charge in [-0.15, -0.1) is 0 Å². The molecule has 10 heteroatoms. The Morgan fingerprint density at radius 3 is 2.36 bits per heavy atom. The van der Waals surface area contributed by atoms with Crippen LogP contribution in [0.2, 0.25) is 0 Å². The van der Waals surface area contributed by atoms with Gasteiger partial charge in [0.1, 0.15) is 5.75 Å². The zero-order valence-corrected chi connectivity index (χ0v) is 18.6. The van der Waals surface area contributed by atoms with E-state index in [0.717, 1.165) is 36.3 Å². The zero-order chi connectivity index (χ0) is 24.1. The first-order valence-electron chi connectivity index (χ1n) is 10.9. The Hall–Kier alpha value is -3.82. The van der Waals surface area contributed by atoms with Crippen molar-refractivity contribution in [2.45, 2.75) is 51.9 Å². The molecule has 0 atom stereocenters. The number of non-ortho nitro benzene ring substituents is 1. The molecule has 2 rings (SSSR count). The normalized spacial score (nSPS) is 10.8. The van der Waals surface area contributed by atoms with Gasteiger partial charge in [-0.1, -0.05) is 39.0 Å². The highest BCUT2D eigenvalue weighted by Gasteiger charge is 2.20. The maximum atomic E-state index is 12.1. The molecule has 1 amide bonds. The lowest BCUT2D eigenvalue weighted by atomic mass is 10.1. The van der Waals surface area contributed by atoms with E-state index in [4.69, 9.17) is 4.74 Å². The van der Waals surface area contributed by atoms with E-state index in [2.05, 4.69) is 17.5 Å². The number of carbonyl (C=O) groups excluding carboxylic acids is 1. The first-order chi connectivity index (χ1) is 15.9. The molecule has 0 bridgehead atoms. The highest BCUT2D eigenvalue weighted by Crippen LogP contribution is 2.25. The monoisotopic (exact) mass is 456 g/mol. The highest BCUT2D eigenvalue weighted by atomic mass is 16.6. The minimum atomic E-state index is -0.755. The number of nitrogens with one attached hydrogen (secondary N) is 1. The molecule has 0 fully saturated rings. The molecule has 176 valence electrons. The van der Waals surface area contributed by atoms with E-state index in [1.54, 1.807) is 12.1 Å². The Bertz CT molecular complexity index is 975. The average Bonchev–Trinajstić information content (AvgIpc) is 2.79. The Labute approximate surface area is 191 Å². The molecule has 33 heavy (non-hydrogen) atoms. The van der Waals surface area contributed by atoms with Gasteiger partial charge in [0.15, 0.2) is 0 Å². The lowest BCUT2D eigenvalue weighted by molar-refractivity contribution is -0.394. The summed E-state index contributed by atoms with van der Waals surface area (Å²) < 4.78 is 5.72. The minimum Gasteiger partial charge on any atom is -0.494 e. The van der Waals surface area contributed by atoms with Crippen LogP contribution in [0.5, 0.6) is 5.75 Å². The fourth-order valence-corrected chi connectivity index (χ4v) is 3.10. The third-order valence-electron chi connectivity index (χ3n) is 4.88. The molecular weight excluding hydrogens is 428 g/mol. The summed E-state index contributed by atoms with van der Waals surface area (Å²) in [5.41, 5.74) is 2.20. The minimum absolute atomic E-state index is 0.0603. The third-order valence-corrected chi connectivity index (χ3v) is 4.88. The van der Waals surface area contributed by atoms with Gasteiger partial charge in [-0.05, 0) is 42.3 Å². The van der Waals surface area contributed by atoms with Crippen LogP contribution >= 0.6 is 0 Å². The van der Waals surface area contributed by atoms with Crippen LogP contribution < -0.4 is 10.2 Å². The van der Waals surface area contributed by atoms with Crippen LogP contribution in [0.1, 0.15) is 56.6 Å². The Morgan fingerprint density at radius 2 is 1.70 bits per heavy atom. The van der Waals surface area contributed by atoms with Crippen molar-refractivity contribution in [2.75, 3.05) is 6.61 Å². The summed E-state index contributed by atoms with van der Waals surface area (Å²) in [5.74, 6) is 0.178. The second kappa shape index (κ2) is 13.6. The molecule has 0 aliphatic carbocycles. The van der Waals surface area contributed by atoms with Crippen LogP contribution in [-0.4, -0.2) is 28.6 Å². The van der Waals surface area contributed by atoms with Crippen molar-refractivity contribution in [3.8, 4) is 5.75 Å². The quantitative estimate of drug-likeness (QED) is 0.185. The molecule has 2 aromatic carbocycles. The summed E-state index contributed by atoms with van der Waals surface area (Å²) in [4.78, 5) is 32.5. The molecule has 0 spiro atoms. The number of nitrogens with zero attached hydrogens (tertiary/aromatic N) is 3. The molecule has 0 heterocycles. The number of hydrogen-bond acceptors (Lipinski definition) is 7. The molecule has 0 radical (unpaired) electrons. The van der Waals surface area contributed by atoms with E-state index < -0.39 is 27.1 Å².